The van der Waals surface area contributed by atoms with Gasteiger partial charge in [0.1, 0.15) is 29.9 Å². The normalized spacial score (nSPS) is 13.7. The monoisotopic (exact) mass is 437 g/mol. The van der Waals surface area contributed by atoms with Crippen molar-refractivity contribution in [2.45, 2.75) is 18.7 Å². The van der Waals surface area contributed by atoms with E-state index in [4.69, 9.17) is 0 Å². The summed E-state index contributed by atoms with van der Waals surface area (Å²) < 4.78 is 30.0. The van der Waals surface area contributed by atoms with Crippen molar-refractivity contribution in [2.75, 3.05) is 13.6 Å². The quantitative estimate of drug-likeness (QED) is 0.615. The van der Waals surface area contributed by atoms with Gasteiger partial charge in [0, 0.05) is 35.4 Å². The number of pyridine rings is 1. The van der Waals surface area contributed by atoms with Gasteiger partial charge in [0.05, 0.1) is 12.2 Å². The number of hydrogen-bond acceptors (Lipinski definition) is 5. The molecule has 3 rings (SSSR count). The van der Waals surface area contributed by atoms with Crippen LogP contribution in [0.3, 0.4) is 0 Å². The molecule has 3 aromatic rings. The van der Waals surface area contributed by atoms with E-state index in [0.29, 0.717) is 6.54 Å². The van der Waals surface area contributed by atoms with Gasteiger partial charge in [-0.15, -0.1) is 0 Å². The molecule has 2 aromatic heterocycles. The third-order valence-corrected chi connectivity index (χ3v) is 4.54. The van der Waals surface area contributed by atoms with Crippen LogP contribution in [0.15, 0.2) is 53.7 Å². The molecule has 1 aromatic carbocycles. The molecule has 0 amide bonds. The molecule has 0 radical (unpaired) electrons. The molecule has 0 spiro atoms. The molecule has 2 heterocycles. The first-order chi connectivity index (χ1) is 12.9. The van der Waals surface area contributed by atoms with Crippen LogP contribution >= 0.6 is 15.9 Å². The van der Waals surface area contributed by atoms with Crippen LogP contribution in [0.1, 0.15) is 11.3 Å². The van der Waals surface area contributed by atoms with Crippen molar-refractivity contribution in [2.24, 2.45) is 0 Å². The molecule has 0 saturated heterocycles. The van der Waals surface area contributed by atoms with Crippen molar-refractivity contribution in [3.05, 3.63) is 76.5 Å². The number of likely N-dealkylation sites (N-methyl/N-ethyl adjacent to an activating group) is 1. The van der Waals surface area contributed by atoms with Crippen molar-refractivity contribution in [3.8, 4) is 0 Å². The Balaban J connectivity index is 1.85. The number of hydrogen-bond donors (Lipinski definition) is 1. The van der Waals surface area contributed by atoms with Crippen molar-refractivity contribution in [1.29, 1.82) is 0 Å². The van der Waals surface area contributed by atoms with Gasteiger partial charge < -0.3 is 5.11 Å². The summed E-state index contributed by atoms with van der Waals surface area (Å²) >= 11 is 3.33. The molecular weight excluding hydrogens is 420 g/mol. The Hall–Kier alpha value is -2.23. The lowest BCUT2D eigenvalue weighted by Crippen LogP contribution is -2.43. The molecule has 0 saturated carbocycles. The number of benzene rings is 1. The van der Waals surface area contributed by atoms with Gasteiger partial charge in [-0.25, -0.2) is 18.4 Å². The molecule has 0 aliphatic carbocycles. The molecule has 0 aliphatic rings. The molecule has 0 fully saturated rings. The molecule has 142 valence electrons. The summed E-state index contributed by atoms with van der Waals surface area (Å²) in [4.78, 5) is 9.97. The highest BCUT2D eigenvalue weighted by Crippen LogP contribution is 2.28. The zero-order chi connectivity index (χ0) is 19.4. The molecule has 27 heavy (non-hydrogen) atoms. The number of aromatic nitrogens is 4. The first kappa shape index (κ1) is 19.5. The average molecular weight is 438 g/mol. The molecule has 0 bridgehead atoms. The maximum Gasteiger partial charge on any atom is 0.137 e. The molecule has 6 nitrogen and oxygen atoms in total. The number of nitrogens with zero attached hydrogens (tertiary/aromatic N) is 5. The third-order valence-electron chi connectivity index (χ3n) is 4.07. The largest absolute Gasteiger partial charge is 0.382 e. The van der Waals surface area contributed by atoms with E-state index in [1.165, 1.54) is 23.4 Å². The van der Waals surface area contributed by atoms with E-state index in [2.05, 4.69) is 31.0 Å². The minimum absolute atomic E-state index is 0.00462. The summed E-state index contributed by atoms with van der Waals surface area (Å²) in [7, 11) is 1.79. The van der Waals surface area contributed by atoms with Gasteiger partial charge in [0.15, 0.2) is 0 Å². The molecule has 1 N–H and O–H groups in total. The molecule has 0 aliphatic heterocycles. The van der Waals surface area contributed by atoms with E-state index in [1.54, 1.807) is 13.2 Å². The maximum atomic E-state index is 14.4. The second-order valence-electron chi connectivity index (χ2n) is 6.39. The van der Waals surface area contributed by atoms with Crippen LogP contribution in [-0.4, -0.2) is 43.3 Å². The Bertz CT molecular complexity index is 891. The molecule has 9 heteroatoms. The highest BCUT2D eigenvalue weighted by atomic mass is 79.9. The number of halogens is 3. The van der Waals surface area contributed by atoms with E-state index < -0.39 is 17.2 Å². The van der Waals surface area contributed by atoms with Gasteiger partial charge >= 0.3 is 0 Å². The summed E-state index contributed by atoms with van der Waals surface area (Å²) in [5, 5.41) is 15.3. The minimum atomic E-state index is -1.64. The van der Waals surface area contributed by atoms with E-state index in [-0.39, 0.29) is 18.7 Å². The summed E-state index contributed by atoms with van der Waals surface area (Å²) in [6, 6.07) is 6.87. The fourth-order valence-corrected chi connectivity index (χ4v) is 3.18. The maximum absolute atomic E-state index is 14.4. The van der Waals surface area contributed by atoms with Crippen molar-refractivity contribution >= 4 is 15.9 Å². The smallest absolute Gasteiger partial charge is 0.137 e. The highest BCUT2D eigenvalue weighted by molar-refractivity contribution is 9.10. The first-order valence-electron chi connectivity index (χ1n) is 8.15. The second-order valence-corrected chi connectivity index (χ2v) is 7.30. The van der Waals surface area contributed by atoms with Crippen LogP contribution < -0.4 is 0 Å². The Morgan fingerprint density at radius 2 is 2.07 bits per heavy atom. The third kappa shape index (κ3) is 4.94. The lowest BCUT2D eigenvalue weighted by molar-refractivity contribution is -0.0177. The fraction of sp³-hybridized carbons (Fsp3) is 0.278. The van der Waals surface area contributed by atoms with E-state index in [9.17, 15) is 13.9 Å². The fourth-order valence-electron chi connectivity index (χ4n) is 2.95. The second kappa shape index (κ2) is 8.20. The van der Waals surface area contributed by atoms with E-state index in [1.807, 2.05) is 17.0 Å². The zero-order valence-electron chi connectivity index (χ0n) is 14.6. The van der Waals surface area contributed by atoms with Crippen LogP contribution in [0.2, 0.25) is 0 Å². The number of aliphatic hydroxyl groups is 1. The molecule has 1 unspecified atom stereocenters. The van der Waals surface area contributed by atoms with Crippen LogP contribution in [0.5, 0.6) is 0 Å². The van der Waals surface area contributed by atoms with Crippen LogP contribution in [0.4, 0.5) is 8.78 Å². The van der Waals surface area contributed by atoms with Gasteiger partial charge in [-0.1, -0.05) is 6.07 Å². The predicted molar refractivity (Wildman–Crippen MR) is 98.5 cm³/mol. The first-order valence-corrected chi connectivity index (χ1v) is 8.94. The Morgan fingerprint density at radius 3 is 2.70 bits per heavy atom. The lowest BCUT2D eigenvalue weighted by Gasteiger charge is -2.33. The van der Waals surface area contributed by atoms with Gasteiger partial charge in [-0.3, -0.25) is 9.88 Å². The van der Waals surface area contributed by atoms with Gasteiger partial charge in [0.25, 0.3) is 0 Å². The van der Waals surface area contributed by atoms with E-state index in [0.717, 1.165) is 22.3 Å². The van der Waals surface area contributed by atoms with Crippen LogP contribution in [0, 0.1) is 11.6 Å². The van der Waals surface area contributed by atoms with Crippen LogP contribution in [-0.2, 0) is 18.7 Å². The molecule has 1 atom stereocenters. The summed E-state index contributed by atoms with van der Waals surface area (Å²) in [6.45, 7) is 0.483. The van der Waals surface area contributed by atoms with E-state index >= 15 is 0 Å². The zero-order valence-corrected chi connectivity index (χ0v) is 16.1. The highest BCUT2D eigenvalue weighted by Gasteiger charge is 2.34. The van der Waals surface area contributed by atoms with Crippen molar-refractivity contribution in [3.63, 3.8) is 0 Å². The topological polar surface area (TPSA) is 67.1 Å². The Labute approximate surface area is 163 Å². The van der Waals surface area contributed by atoms with Crippen molar-refractivity contribution < 1.29 is 13.9 Å². The minimum Gasteiger partial charge on any atom is -0.382 e. The summed E-state index contributed by atoms with van der Waals surface area (Å²) in [6.07, 6.45) is 4.45. The van der Waals surface area contributed by atoms with Gasteiger partial charge in [0.2, 0.25) is 0 Å². The van der Waals surface area contributed by atoms with Gasteiger partial charge in [-0.05, 0) is 41.2 Å². The summed E-state index contributed by atoms with van der Waals surface area (Å²) in [5.74, 6) is -1.51. The average Bonchev–Trinajstić information content (AvgIpc) is 3.09. The number of rotatable bonds is 7. The SMILES string of the molecule is CN(Cc1ccc(Br)cn1)CC(O)(Cn1cncn1)c1ccc(F)cc1F. The Kier molecular flexibility index (Phi) is 5.93. The van der Waals surface area contributed by atoms with Crippen LogP contribution in [0.25, 0.3) is 0 Å². The lowest BCUT2D eigenvalue weighted by atomic mass is 9.92. The van der Waals surface area contributed by atoms with Crippen molar-refractivity contribution in [1.82, 2.24) is 24.6 Å². The summed E-state index contributed by atoms with van der Waals surface area (Å²) in [5.41, 5.74) is -0.853. The van der Waals surface area contributed by atoms with Gasteiger partial charge in [-0.2, -0.15) is 5.10 Å². The molecular formula is C18H18BrF2N5O. The Morgan fingerprint density at radius 1 is 1.26 bits per heavy atom. The predicted octanol–water partition coefficient (Wildman–Crippen LogP) is 2.73. The standard InChI is InChI=1S/C18H18BrF2N5O/c1-25(8-15-4-2-13(19)7-23-15)9-18(27,10-26-12-22-11-24-26)16-5-3-14(20)6-17(16)21/h2-7,11-12,27H,8-10H2,1H3.